The molecule has 0 aliphatic heterocycles. The maximum Gasteiger partial charge on any atom is 0.122 e. The molecule has 1 fully saturated rings. The van der Waals surface area contributed by atoms with Gasteiger partial charge in [0, 0.05) is 5.02 Å². The van der Waals surface area contributed by atoms with E-state index < -0.39 is 0 Å². The van der Waals surface area contributed by atoms with Crippen LogP contribution in [0.4, 0.5) is 0 Å². The molecule has 1 aromatic rings. The van der Waals surface area contributed by atoms with E-state index in [1.54, 1.807) is 0 Å². The average molecular weight is 330 g/mol. The molecule has 3 heteroatoms. The molecule has 0 amide bonds. The van der Waals surface area contributed by atoms with E-state index in [0.717, 1.165) is 28.9 Å². The summed E-state index contributed by atoms with van der Waals surface area (Å²) in [6, 6.07) is 5.82. The fourth-order valence-corrected chi connectivity index (χ4v) is 2.56. The van der Waals surface area contributed by atoms with Crippen molar-refractivity contribution in [2.75, 3.05) is 13.7 Å². The zero-order valence-electron chi connectivity index (χ0n) is 15.4. The Hall–Kier alpha value is -0.730. The second kappa shape index (κ2) is 16.6. The highest BCUT2D eigenvalue weighted by atomic mass is 35.5. The number of halogens is 1. The van der Waals surface area contributed by atoms with Gasteiger partial charge in [0.15, 0.2) is 0 Å². The van der Waals surface area contributed by atoms with Gasteiger partial charge in [-0.15, -0.1) is 0 Å². The highest BCUT2D eigenvalue weighted by Crippen LogP contribution is 2.26. The van der Waals surface area contributed by atoms with Gasteiger partial charge in [0.05, 0.1) is 6.61 Å². The highest BCUT2D eigenvalue weighted by molar-refractivity contribution is 6.30. The van der Waals surface area contributed by atoms with Gasteiger partial charge in [-0.1, -0.05) is 58.6 Å². The van der Waals surface area contributed by atoms with E-state index in [4.69, 9.17) is 16.3 Å². The minimum atomic E-state index is 0.754. The minimum absolute atomic E-state index is 0.754. The maximum absolute atomic E-state index is 5.91. The lowest BCUT2D eigenvalue weighted by Crippen LogP contribution is -2.15. The number of ether oxygens (including phenoxy) is 1. The molecule has 0 saturated heterocycles. The molecule has 1 aromatic carbocycles. The van der Waals surface area contributed by atoms with Gasteiger partial charge in [-0.2, -0.15) is 0 Å². The Bertz CT molecular complexity index is 349. The first-order chi connectivity index (χ1) is 10.8. The van der Waals surface area contributed by atoms with Crippen molar-refractivity contribution in [3.63, 3.8) is 0 Å². The predicted molar refractivity (Wildman–Crippen MR) is 101 cm³/mol. The quantitative estimate of drug-likeness (QED) is 0.712. The third-order valence-corrected chi connectivity index (χ3v) is 3.57. The summed E-state index contributed by atoms with van der Waals surface area (Å²) >= 11 is 5.91. The largest absolute Gasteiger partial charge is 0.493 e. The van der Waals surface area contributed by atoms with Crippen molar-refractivity contribution >= 4 is 11.6 Å². The molecular weight excluding hydrogens is 294 g/mol. The molecule has 2 N–H and O–H groups in total. The molecule has 1 aliphatic carbocycles. The lowest BCUT2D eigenvalue weighted by Gasteiger charge is -2.22. The molecule has 0 heterocycles. The summed E-state index contributed by atoms with van der Waals surface area (Å²) in [4.78, 5) is 0. The molecule has 2 nitrogen and oxygen atoms in total. The van der Waals surface area contributed by atoms with Crippen LogP contribution >= 0.6 is 11.6 Å². The average Bonchev–Trinajstić information content (AvgIpc) is 2.60. The van der Waals surface area contributed by atoms with Crippen LogP contribution in [-0.2, 0) is 0 Å². The zero-order valence-corrected chi connectivity index (χ0v) is 16.2. The van der Waals surface area contributed by atoms with Crippen LogP contribution in [0.2, 0.25) is 5.02 Å². The van der Waals surface area contributed by atoms with Crippen LogP contribution in [0.1, 0.15) is 65.4 Å². The number of rotatable bonds is 3. The Labute approximate surface area is 143 Å². The van der Waals surface area contributed by atoms with E-state index in [1.165, 1.54) is 39.2 Å². The Balaban J connectivity index is 0. The van der Waals surface area contributed by atoms with Crippen LogP contribution in [0.25, 0.3) is 0 Å². The minimum Gasteiger partial charge on any atom is -0.493 e. The molecule has 1 saturated carbocycles. The number of hydrogen-bond donors (Lipinski definition) is 1. The topological polar surface area (TPSA) is 35.2 Å². The van der Waals surface area contributed by atoms with Crippen LogP contribution in [-0.4, -0.2) is 13.7 Å². The van der Waals surface area contributed by atoms with Crippen molar-refractivity contribution in [2.45, 2.75) is 66.7 Å². The van der Waals surface area contributed by atoms with Gasteiger partial charge in [0.25, 0.3) is 0 Å². The number of hydrogen-bond acceptors (Lipinski definition) is 2. The molecule has 0 atom stereocenters. The summed E-state index contributed by atoms with van der Waals surface area (Å²) < 4.78 is 5.87. The van der Waals surface area contributed by atoms with E-state index in [9.17, 15) is 0 Å². The van der Waals surface area contributed by atoms with Gasteiger partial charge < -0.3 is 10.5 Å². The van der Waals surface area contributed by atoms with Gasteiger partial charge in [0.2, 0.25) is 0 Å². The SMILES string of the molecule is CC.CC.CN.Cc1cc(Cl)ccc1OCC1CCCCC1. The van der Waals surface area contributed by atoms with Crippen LogP contribution in [0.5, 0.6) is 5.75 Å². The molecule has 0 radical (unpaired) electrons. The Morgan fingerprint density at radius 2 is 1.59 bits per heavy atom. The van der Waals surface area contributed by atoms with Crippen molar-refractivity contribution in [1.82, 2.24) is 0 Å². The van der Waals surface area contributed by atoms with Crippen molar-refractivity contribution in [3.05, 3.63) is 28.8 Å². The summed E-state index contributed by atoms with van der Waals surface area (Å²) in [6.07, 6.45) is 6.79. The summed E-state index contributed by atoms with van der Waals surface area (Å²) in [5.41, 5.74) is 5.63. The smallest absolute Gasteiger partial charge is 0.122 e. The number of benzene rings is 1. The second-order valence-electron chi connectivity index (χ2n) is 4.72. The van der Waals surface area contributed by atoms with Gasteiger partial charge in [0.1, 0.15) is 5.75 Å². The van der Waals surface area contributed by atoms with Gasteiger partial charge in [-0.05, 0) is 56.5 Å². The maximum atomic E-state index is 5.91. The fourth-order valence-electron chi connectivity index (χ4n) is 2.34. The monoisotopic (exact) mass is 329 g/mol. The summed E-state index contributed by atoms with van der Waals surface area (Å²) in [6.45, 7) is 10.9. The molecule has 1 aliphatic rings. The molecule has 2 rings (SSSR count). The molecule has 130 valence electrons. The Kier molecular flexibility index (Phi) is 17.8. The Morgan fingerprint density at radius 3 is 2.09 bits per heavy atom. The molecule has 0 aromatic heterocycles. The van der Waals surface area contributed by atoms with Crippen LogP contribution in [0, 0.1) is 12.8 Å². The lowest BCUT2D eigenvalue weighted by atomic mass is 9.90. The van der Waals surface area contributed by atoms with Crippen molar-refractivity contribution < 1.29 is 4.74 Å². The lowest BCUT2D eigenvalue weighted by molar-refractivity contribution is 0.208. The number of nitrogens with two attached hydrogens (primary N) is 1. The van der Waals surface area contributed by atoms with Crippen molar-refractivity contribution in [2.24, 2.45) is 11.7 Å². The third-order valence-electron chi connectivity index (χ3n) is 3.34. The predicted octanol–water partition coefficient (Wildman–Crippen LogP) is 6.23. The second-order valence-corrected chi connectivity index (χ2v) is 5.16. The first-order valence-electron chi connectivity index (χ1n) is 8.72. The third kappa shape index (κ3) is 10.1. The zero-order chi connectivity index (χ0) is 17.4. The van der Waals surface area contributed by atoms with Gasteiger partial charge in [-0.3, -0.25) is 0 Å². The van der Waals surface area contributed by atoms with Gasteiger partial charge in [-0.25, -0.2) is 0 Å². The van der Waals surface area contributed by atoms with Crippen molar-refractivity contribution in [1.29, 1.82) is 0 Å². The van der Waals surface area contributed by atoms with Crippen LogP contribution in [0.15, 0.2) is 18.2 Å². The van der Waals surface area contributed by atoms with E-state index in [2.05, 4.69) is 5.73 Å². The summed E-state index contributed by atoms with van der Waals surface area (Å²) in [5, 5.41) is 0.780. The van der Waals surface area contributed by atoms with E-state index >= 15 is 0 Å². The summed E-state index contributed by atoms with van der Waals surface area (Å²) in [5.74, 6) is 1.74. The summed E-state index contributed by atoms with van der Waals surface area (Å²) in [7, 11) is 1.50. The molecule has 0 spiro atoms. The normalized spacial score (nSPS) is 13.5. The van der Waals surface area contributed by atoms with E-state index in [1.807, 2.05) is 52.8 Å². The van der Waals surface area contributed by atoms with E-state index in [0.29, 0.717) is 0 Å². The molecule has 22 heavy (non-hydrogen) atoms. The fraction of sp³-hybridized carbons (Fsp3) is 0.684. The van der Waals surface area contributed by atoms with Crippen molar-refractivity contribution in [3.8, 4) is 5.75 Å². The first-order valence-corrected chi connectivity index (χ1v) is 9.10. The first kappa shape index (κ1) is 23.5. The number of aryl methyl sites for hydroxylation is 1. The standard InChI is InChI=1S/C14H19ClO.2C2H6.CH5N/c1-11-9-13(15)7-8-14(11)16-10-12-5-3-2-4-6-12;3*1-2/h7-9,12H,2-6,10H2,1H3;2*1-2H3;2H2,1H3. The Morgan fingerprint density at radius 1 is 1.05 bits per heavy atom. The van der Waals surface area contributed by atoms with E-state index in [-0.39, 0.29) is 0 Å². The molecular formula is C19H36ClNO. The van der Waals surface area contributed by atoms with Gasteiger partial charge >= 0.3 is 0 Å². The van der Waals surface area contributed by atoms with Crippen LogP contribution < -0.4 is 10.5 Å². The molecule has 0 unspecified atom stereocenters. The molecule has 0 bridgehead atoms. The van der Waals surface area contributed by atoms with Crippen LogP contribution in [0.3, 0.4) is 0 Å². The highest BCUT2D eigenvalue weighted by Gasteiger charge is 2.14.